The lowest BCUT2D eigenvalue weighted by Crippen LogP contribution is -2.28. The molecule has 1 aromatic rings. The van der Waals surface area contributed by atoms with E-state index in [2.05, 4.69) is 0 Å². The molecule has 0 amide bonds. The van der Waals surface area contributed by atoms with Crippen LogP contribution in [0.25, 0.3) is 0 Å². The Morgan fingerprint density at radius 2 is 1.87 bits per heavy atom. The molecule has 0 unspecified atom stereocenters. The minimum Gasteiger partial charge on any atom is -0.352 e. The second-order valence-electron chi connectivity index (χ2n) is 4.45. The van der Waals surface area contributed by atoms with Crippen LogP contribution in [0.5, 0.6) is 0 Å². The minimum atomic E-state index is -5.05. The Morgan fingerprint density at radius 1 is 1.26 bits per heavy atom. The van der Waals surface area contributed by atoms with E-state index in [1.165, 1.54) is 0 Å². The molecule has 0 aliphatic carbocycles. The van der Waals surface area contributed by atoms with Crippen LogP contribution in [-0.2, 0) is 6.18 Å². The van der Waals surface area contributed by atoms with Gasteiger partial charge in [-0.3, -0.25) is 20.2 Å². The first-order chi connectivity index (χ1) is 10.6. The summed E-state index contributed by atoms with van der Waals surface area (Å²) in [5, 5.41) is 30.6. The fourth-order valence-corrected chi connectivity index (χ4v) is 2.02. The van der Waals surface area contributed by atoms with Crippen molar-refractivity contribution in [1.29, 1.82) is 5.26 Å². The van der Waals surface area contributed by atoms with Crippen molar-refractivity contribution >= 4 is 17.1 Å². The lowest BCUT2D eigenvalue weighted by atomic mass is 10.1. The molecule has 1 aromatic carbocycles. The predicted molar refractivity (Wildman–Crippen MR) is 72.9 cm³/mol. The summed E-state index contributed by atoms with van der Waals surface area (Å²) in [5.74, 6) is 0. The summed E-state index contributed by atoms with van der Waals surface area (Å²) >= 11 is 0. The Labute approximate surface area is 128 Å². The van der Waals surface area contributed by atoms with Gasteiger partial charge < -0.3 is 4.90 Å². The third-order valence-corrected chi connectivity index (χ3v) is 2.86. The van der Waals surface area contributed by atoms with Crippen LogP contribution in [0.15, 0.2) is 12.1 Å². The van der Waals surface area contributed by atoms with E-state index in [0.29, 0.717) is 12.5 Å². The monoisotopic (exact) mass is 332 g/mol. The van der Waals surface area contributed by atoms with Gasteiger partial charge in [0.15, 0.2) is 0 Å². The highest BCUT2D eigenvalue weighted by molar-refractivity contribution is 5.72. The lowest BCUT2D eigenvalue weighted by molar-refractivity contribution is -0.394. The molecule has 0 aliphatic heterocycles. The van der Waals surface area contributed by atoms with Gasteiger partial charge in [0.25, 0.3) is 11.4 Å². The molecule has 0 bridgehead atoms. The number of hydrogen-bond donors (Lipinski definition) is 0. The second-order valence-corrected chi connectivity index (χ2v) is 4.45. The standard InChI is InChI=1S/C12H11F3N4O4/c1-2-4-17(5-3-16)11-9(12(13,14)15)6-8(18(20)21)7-10(11)19(22)23/h6-7H,2,4-5H2,1H3. The predicted octanol–water partition coefficient (Wildman–Crippen LogP) is 3.26. The summed E-state index contributed by atoms with van der Waals surface area (Å²) in [6.07, 6.45) is -4.72. The number of nitro benzene ring substituents is 2. The molecule has 0 saturated carbocycles. The maximum Gasteiger partial charge on any atom is 0.418 e. The molecule has 0 heterocycles. The molecule has 0 fully saturated rings. The topological polar surface area (TPSA) is 113 Å². The van der Waals surface area contributed by atoms with Crippen LogP contribution in [-0.4, -0.2) is 22.9 Å². The van der Waals surface area contributed by atoms with Gasteiger partial charge in [-0.15, -0.1) is 0 Å². The number of anilines is 1. The first-order valence-corrected chi connectivity index (χ1v) is 6.29. The largest absolute Gasteiger partial charge is 0.418 e. The van der Waals surface area contributed by atoms with Gasteiger partial charge in [0.05, 0.1) is 27.5 Å². The van der Waals surface area contributed by atoms with Crippen LogP contribution < -0.4 is 4.90 Å². The quantitative estimate of drug-likeness (QED) is 0.449. The Morgan fingerprint density at radius 3 is 2.26 bits per heavy atom. The summed E-state index contributed by atoms with van der Waals surface area (Å²) in [4.78, 5) is 20.5. The van der Waals surface area contributed by atoms with Gasteiger partial charge in [-0.05, 0) is 6.42 Å². The number of rotatable bonds is 6. The number of nitriles is 1. The summed E-state index contributed by atoms with van der Waals surface area (Å²) in [6.45, 7) is 1.06. The van der Waals surface area contributed by atoms with Gasteiger partial charge in [0, 0.05) is 12.6 Å². The van der Waals surface area contributed by atoms with Crippen molar-refractivity contribution in [3.63, 3.8) is 0 Å². The Bertz CT molecular complexity index is 669. The van der Waals surface area contributed by atoms with E-state index in [9.17, 15) is 33.4 Å². The van der Waals surface area contributed by atoms with Crippen LogP contribution in [0.4, 0.5) is 30.2 Å². The number of hydrogen-bond acceptors (Lipinski definition) is 6. The summed E-state index contributed by atoms with van der Waals surface area (Å²) < 4.78 is 39.7. The SMILES string of the molecule is CCCN(CC#N)c1c([N+](=O)[O-])cc([N+](=O)[O-])cc1C(F)(F)F. The zero-order chi connectivity index (χ0) is 17.8. The van der Waals surface area contributed by atoms with Crippen LogP contribution >= 0.6 is 0 Å². The molecule has 23 heavy (non-hydrogen) atoms. The first-order valence-electron chi connectivity index (χ1n) is 6.29. The average molecular weight is 332 g/mol. The Hall–Kier alpha value is -2.90. The van der Waals surface area contributed by atoms with Crippen molar-refractivity contribution in [2.45, 2.75) is 19.5 Å². The maximum atomic E-state index is 13.2. The fourth-order valence-electron chi connectivity index (χ4n) is 2.02. The third-order valence-electron chi connectivity index (χ3n) is 2.86. The highest BCUT2D eigenvalue weighted by atomic mass is 19.4. The van der Waals surface area contributed by atoms with Gasteiger partial charge in [-0.1, -0.05) is 6.92 Å². The molecule has 124 valence electrons. The lowest BCUT2D eigenvalue weighted by Gasteiger charge is -2.24. The smallest absolute Gasteiger partial charge is 0.352 e. The highest BCUT2D eigenvalue weighted by Gasteiger charge is 2.41. The number of non-ortho nitro benzene ring substituents is 1. The molecular formula is C12H11F3N4O4. The van der Waals surface area contributed by atoms with E-state index < -0.39 is 45.2 Å². The number of alkyl halides is 3. The fraction of sp³-hybridized carbons (Fsp3) is 0.417. The van der Waals surface area contributed by atoms with Crippen molar-refractivity contribution in [3.05, 3.63) is 37.9 Å². The summed E-state index contributed by atoms with van der Waals surface area (Å²) in [5.41, 5.74) is -4.45. The maximum absolute atomic E-state index is 13.2. The molecule has 0 spiro atoms. The molecule has 0 saturated heterocycles. The zero-order valence-electron chi connectivity index (χ0n) is 11.8. The van der Waals surface area contributed by atoms with Gasteiger partial charge >= 0.3 is 6.18 Å². The molecule has 0 atom stereocenters. The van der Waals surface area contributed by atoms with Gasteiger partial charge in [0.2, 0.25) is 0 Å². The number of nitro groups is 2. The number of nitrogens with zero attached hydrogens (tertiary/aromatic N) is 4. The van der Waals surface area contributed by atoms with E-state index in [-0.39, 0.29) is 12.6 Å². The molecular weight excluding hydrogens is 321 g/mol. The Kier molecular flexibility index (Phi) is 5.45. The summed E-state index contributed by atoms with van der Waals surface area (Å²) in [6, 6.07) is 2.34. The van der Waals surface area contributed by atoms with Crippen LogP contribution in [0, 0.1) is 31.6 Å². The van der Waals surface area contributed by atoms with E-state index >= 15 is 0 Å². The van der Waals surface area contributed by atoms with Crippen molar-refractivity contribution in [1.82, 2.24) is 0 Å². The van der Waals surface area contributed by atoms with Crippen molar-refractivity contribution in [3.8, 4) is 6.07 Å². The van der Waals surface area contributed by atoms with E-state index in [1.54, 1.807) is 13.0 Å². The number of halogens is 3. The van der Waals surface area contributed by atoms with Crippen LogP contribution in [0.1, 0.15) is 18.9 Å². The molecule has 0 N–H and O–H groups in total. The van der Waals surface area contributed by atoms with Gasteiger partial charge in [0.1, 0.15) is 12.2 Å². The average Bonchev–Trinajstić information content (AvgIpc) is 2.44. The van der Waals surface area contributed by atoms with Crippen molar-refractivity contribution in [2.24, 2.45) is 0 Å². The minimum absolute atomic E-state index is 0.0463. The normalized spacial score (nSPS) is 10.9. The molecule has 1 rings (SSSR count). The van der Waals surface area contributed by atoms with Gasteiger partial charge in [-0.2, -0.15) is 18.4 Å². The number of benzene rings is 1. The second kappa shape index (κ2) is 6.91. The molecule has 8 nitrogen and oxygen atoms in total. The molecule has 0 aromatic heterocycles. The van der Waals surface area contributed by atoms with E-state index in [4.69, 9.17) is 5.26 Å². The molecule has 11 heteroatoms. The summed E-state index contributed by atoms with van der Waals surface area (Å²) in [7, 11) is 0. The van der Waals surface area contributed by atoms with Crippen LogP contribution in [0.3, 0.4) is 0 Å². The molecule has 0 aliphatic rings. The van der Waals surface area contributed by atoms with E-state index in [0.717, 1.165) is 4.90 Å². The van der Waals surface area contributed by atoms with E-state index in [1.807, 2.05) is 0 Å². The van der Waals surface area contributed by atoms with Crippen molar-refractivity contribution < 1.29 is 23.0 Å². The third kappa shape index (κ3) is 4.06. The first kappa shape index (κ1) is 18.1. The molecule has 0 radical (unpaired) electrons. The zero-order valence-corrected chi connectivity index (χ0v) is 11.8. The van der Waals surface area contributed by atoms with Crippen LogP contribution in [0.2, 0.25) is 0 Å². The van der Waals surface area contributed by atoms with Crippen molar-refractivity contribution in [2.75, 3.05) is 18.0 Å². The Balaban J connectivity index is 3.78. The van der Waals surface area contributed by atoms with Gasteiger partial charge in [-0.25, -0.2) is 0 Å². The highest BCUT2D eigenvalue weighted by Crippen LogP contribution is 2.44.